The molecule has 0 saturated carbocycles. The van der Waals surface area contributed by atoms with Crippen molar-refractivity contribution in [2.75, 3.05) is 0 Å². The van der Waals surface area contributed by atoms with Gasteiger partial charge in [-0.1, -0.05) is 0 Å². The highest BCUT2D eigenvalue weighted by molar-refractivity contribution is 9.10. The SMILES string of the molecule is N#Cc1c(Br)ccc(C(=O)O)c1[N+](=O)[O-]. The zero-order chi connectivity index (χ0) is 11.6. The van der Waals surface area contributed by atoms with E-state index in [0.29, 0.717) is 0 Å². The van der Waals surface area contributed by atoms with Gasteiger partial charge in [0.05, 0.1) is 4.92 Å². The van der Waals surface area contributed by atoms with Crippen LogP contribution in [0.15, 0.2) is 16.6 Å². The van der Waals surface area contributed by atoms with E-state index < -0.39 is 22.1 Å². The third-order valence-electron chi connectivity index (χ3n) is 1.65. The van der Waals surface area contributed by atoms with E-state index >= 15 is 0 Å². The molecule has 7 heteroatoms. The molecule has 0 amide bonds. The molecule has 0 radical (unpaired) electrons. The average Bonchev–Trinajstić information content (AvgIpc) is 2.16. The highest BCUT2D eigenvalue weighted by Crippen LogP contribution is 2.29. The second kappa shape index (κ2) is 4.06. The summed E-state index contributed by atoms with van der Waals surface area (Å²) in [7, 11) is 0. The maximum Gasteiger partial charge on any atom is 0.342 e. The molecule has 0 heterocycles. The Morgan fingerprint density at radius 2 is 2.20 bits per heavy atom. The van der Waals surface area contributed by atoms with Crippen LogP contribution in [-0.4, -0.2) is 16.0 Å². The summed E-state index contributed by atoms with van der Waals surface area (Å²) < 4.78 is 0.196. The summed E-state index contributed by atoms with van der Waals surface area (Å²) >= 11 is 2.94. The Bertz CT molecular complexity index is 492. The second-order valence-corrected chi connectivity index (χ2v) is 3.35. The molecule has 15 heavy (non-hydrogen) atoms. The number of carboxylic acids is 1. The van der Waals surface area contributed by atoms with Crippen LogP contribution >= 0.6 is 15.9 Å². The van der Waals surface area contributed by atoms with E-state index in [-0.39, 0.29) is 10.0 Å². The Labute approximate surface area is 92.0 Å². The Balaban J connectivity index is 3.66. The second-order valence-electron chi connectivity index (χ2n) is 2.49. The molecule has 1 N–H and O–H groups in total. The number of rotatable bonds is 2. The van der Waals surface area contributed by atoms with Crippen molar-refractivity contribution in [3.05, 3.63) is 37.8 Å². The number of nitro benzene ring substituents is 1. The lowest BCUT2D eigenvalue weighted by Crippen LogP contribution is -2.05. The van der Waals surface area contributed by atoms with Crippen LogP contribution in [0.3, 0.4) is 0 Å². The molecule has 6 nitrogen and oxygen atoms in total. The molecule has 0 saturated heterocycles. The fraction of sp³-hybridized carbons (Fsp3) is 0. The summed E-state index contributed by atoms with van der Waals surface area (Å²) in [6, 6.07) is 3.95. The van der Waals surface area contributed by atoms with Gasteiger partial charge in [0.1, 0.15) is 17.2 Å². The molecule has 0 aromatic heterocycles. The lowest BCUT2D eigenvalue weighted by molar-refractivity contribution is -0.385. The van der Waals surface area contributed by atoms with Crippen LogP contribution in [0, 0.1) is 21.4 Å². The highest BCUT2D eigenvalue weighted by atomic mass is 79.9. The first-order chi connectivity index (χ1) is 6.99. The molecule has 1 aromatic carbocycles. The lowest BCUT2D eigenvalue weighted by Gasteiger charge is -2.01. The van der Waals surface area contributed by atoms with Crippen LogP contribution < -0.4 is 0 Å². The van der Waals surface area contributed by atoms with Crippen LogP contribution in [0.2, 0.25) is 0 Å². The first-order valence-electron chi connectivity index (χ1n) is 3.59. The van der Waals surface area contributed by atoms with Gasteiger partial charge in [-0.15, -0.1) is 0 Å². The average molecular weight is 271 g/mol. The van der Waals surface area contributed by atoms with E-state index in [0.717, 1.165) is 6.07 Å². The van der Waals surface area contributed by atoms with Crippen LogP contribution in [-0.2, 0) is 0 Å². The standard InChI is InChI=1S/C8H3BrN2O4/c9-6-2-1-4(8(12)13)7(11(14)15)5(6)3-10/h1-2H,(H,12,13). The Kier molecular flexibility index (Phi) is 3.01. The number of aromatic carboxylic acids is 1. The third kappa shape index (κ3) is 1.94. The van der Waals surface area contributed by atoms with E-state index in [2.05, 4.69) is 15.9 Å². The van der Waals surface area contributed by atoms with Gasteiger partial charge in [0.25, 0.3) is 0 Å². The van der Waals surface area contributed by atoms with Gasteiger partial charge >= 0.3 is 11.7 Å². The molecule has 0 fully saturated rings. The van der Waals surface area contributed by atoms with E-state index in [1.807, 2.05) is 0 Å². The number of nitriles is 1. The number of nitro groups is 1. The van der Waals surface area contributed by atoms with Crippen molar-refractivity contribution in [2.24, 2.45) is 0 Å². The molecule has 0 spiro atoms. The summed E-state index contributed by atoms with van der Waals surface area (Å²) in [5.74, 6) is -1.44. The van der Waals surface area contributed by atoms with Crippen LogP contribution in [0.4, 0.5) is 5.69 Å². The van der Waals surface area contributed by atoms with Crippen molar-refractivity contribution in [1.29, 1.82) is 5.26 Å². The first-order valence-corrected chi connectivity index (χ1v) is 4.38. The number of carbonyl (C=O) groups is 1. The number of halogens is 1. The van der Waals surface area contributed by atoms with Crippen molar-refractivity contribution in [1.82, 2.24) is 0 Å². The fourth-order valence-electron chi connectivity index (χ4n) is 1.04. The van der Waals surface area contributed by atoms with Crippen molar-refractivity contribution in [2.45, 2.75) is 0 Å². The highest BCUT2D eigenvalue weighted by Gasteiger charge is 2.26. The number of carboxylic acid groups (broad SMARTS) is 1. The lowest BCUT2D eigenvalue weighted by atomic mass is 10.1. The van der Waals surface area contributed by atoms with Crippen molar-refractivity contribution < 1.29 is 14.8 Å². The number of hydrogen-bond acceptors (Lipinski definition) is 4. The molecule has 1 rings (SSSR count). The summed E-state index contributed by atoms with van der Waals surface area (Å²) in [5.41, 5.74) is -1.49. The van der Waals surface area contributed by atoms with Gasteiger partial charge in [0.15, 0.2) is 0 Å². The largest absolute Gasteiger partial charge is 0.477 e. The minimum Gasteiger partial charge on any atom is -0.477 e. The van der Waals surface area contributed by atoms with Crippen LogP contribution in [0.1, 0.15) is 15.9 Å². The Morgan fingerprint density at radius 3 is 2.60 bits per heavy atom. The summed E-state index contributed by atoms with van der Waals surface area (Å²) in [5, 5.41) is 28.0. The number of nitrogens with zero attached hydrogens (tertiary/aromatic N) is 2. The van der Waals surface area contributed by atoms with Crippen molar-refractivity contribution >= 4 is 27.6 Å². The predicted octanol–water partition coefficient (Wildman–Crippen LogP) is 1.93. The molecule has 0 atom stereocenters. The van der Waals surface area contributed by atoms with Gasteiger partial charge in [0, 0.05) is 4.47 Å². The summed E-state index contributed by atoms with van der Waals surface area (Å²) in [6.45, 7) is 0. The molecule has 0 aliphatic carbocycles. The minimum atomic E-state index is -1.44. The maximum atomic E-state index is 10.7. The Morgan fingerprint density at radius 1 is 1.60 bits per heavy atom. The van der Waals surface area contributed by atoms with E-state index in [1.54, 1.807) is 6.07 Å². The van der Waals surface area contributed by atoms with Gasteiger partial charge < -0.3 is 5.11 Å². The van der Waals surface area contributed by atoms with E-state index in [9.17, 15) is 14.9 Å². The normalized spacial score (nSPS) is 9.33. The number of benzene rings is 1. The monoisotopic (exact) mass is 270 g/mol. The zero-order valence-corrected chi connectivity index (χ0v) is 8.69. The molecule has 1 aromatic rings. The fourth-order valence-corrected chi connectivity index (χ4v) is 1.44. The molecule has 0 bridgehead atoms. The van der Waals surface area contributed by atoms with Crippen molar-refractivity contribution in [3.8, 4) is 6.07 Å². The minimum absolute atomic E-state index is 0.196. The maximum absolute atomic E-state index is 10.7. The molecule has 0 unspecified atom stereocenters. The van der Waals surface area contributed by atoms with Crippen LogP contribution in [0.5, 0.6) is 0 Å². The van der Waals surface area contributed by atoms with Crippen LogP contribution in [0.25, 0.3) is 0 Å². The summed E-state index contributed by atoms with van der Waals surface area (Å²) in [6.07, 6.45) is 0. The topological polar surface area (TPSA) is 104 Å². The molecular formula is C8H3BrN2O4. The molecule has 0 aliphatic rings. The van der Waals surface area contributed by atoms with E-state index in [1.165, 1.54) is 6.07 Å². The third-order valence-corrected chi connectivity index (χ3v) is 2.31. The van der Waals surface area contributed by atoms with Gasteiger partial charge in [-0.3, -0.25) is 10.1 Å². The van der Waals surface area contributed by atoms with Gasteiger partial charge in [-0.2, -0.15) is 5.26 Å². The first kappa shape index (κ1) is 11.1. The number of hydrogen-bond donors (Lipinski definition) is 1. The Hall–Kier alpha value is -1.94. The summed E-state index contributed by atoms with van der Waals surface area (Å²) in [4.78, 5) is 20.4. The smallest absolute Gasteiger partial charge is 0.342 e. The predicted molar refractivity (Wildman–Crippen MR) is 52.5 cm³/mol. The van der Waals surface area contributed by atoms with Gasteiger partial charge in [0.2, 0.25) is 0 Å². The van der Waals surface area contributed by atoms with Gasteiger partial charge in [-0.25, -0.2) is 4.79 Å². The zero-order valence-electron chi connectivity index (χ0n) is 7.10. The molecule has 0 aliphatic heterocycles. The van der Waals surface area contributed by atoms with E-state index in [4.69, 9.17) is 10.4 Å². The quantitative estimate of drug-likeness (QED) is 0.653. The molecule has 76 valence electrons. The molecular weight excluding hydrogens is 268 g/mol. The van der Waals surface area contributed by atoms with Gasteiger partial charge in [-0.05, 0) is 28.1 Å². The van der Waals surface area contributed by atoms with Crippen molar-refractivity contribution in [3.63, 3.8) is 0 Å².